The van der Waals surface area contributed by atoms with Gasteiger partial charge in [0.1, 0.15) is 6.04 Å². The summed E-state index contributed by atoms with van der Waals surface area (Å²) >= 11 is 6.48. The third-order valence-corrected chi connectivity index (χ3v) is 3.92. The molecule has 1 aromatic heterocycles. The molecule has 1 aromatic carbocycles. The minimum atomic E-state index is -1.13. The highest BCUT2D eigenvalue weighted by Crippen LogP contribution is 2.31. The molecule has 0 aliphatic carbocycles. The normalized spacial score (nSPS) is 12.0. The number of amides is 1. The summed E-state index contributed by atoms with van der Waals surface area (Å²) in [6.07, 6.45) is 3.24. The molecule has 0 fully saturated rings. The van der Waals surface area contributed by atoms with Crippen LogP contribution in [0, 0.1) is 0 Å². The largest absolute Gasteiger partial charge is 0.478 e. The molecule has 8 heteroatoms. The molecule has 21 heavy (non-hydrogen) atoms. The lowest BCUT2D eigenvalue weighted by Crippen LogP contribution is -2.25. The van der Waals surface area contributed by atoms with Crippen LogP contribution in [-0.2, 0) is 4.79 Å². The molecule has 0 saturated carbocycles. The number of carbonyl (C=O) groups is 2. The van der Waals surface area contributed by atoms with Gasteiger partial charge in [-0.25, -0.2) is 4.79 Å². The Morgan fingerprint density at radius 3 is 2.67 bits per heavy atom. The van der Waals surface area contributed by atoms with Gasteiger partial charge in [-0.2, -0.15) is 5.10 Å². The smallest absolute Gasteiger partial charge is 0.337 e. The second-order valence-electron chi connectivity index (χ2n) is 4.27. The molecule has 0 saturated heterocycles. The van der Waals surface area contributed by atoms with Crippen LogP contribution >= 0.6 is 31.9 Å². The molecule has 1 unspecified atom stereocenters. The number of hydrogen-bond acceptors (Lipinski definition) is 3. The molecule has 0 radical (unpaired) electrons. The number of halogens is 2. The van der Waals surface area contributed by atoms with Gasteiger partial charge in [0, 0.05) is 21.3 Å². The van der Waals surface area contributed by atoms with Crippen LogP contribution in [0.15, 0.2) is 39.5 Å². The number of benzene rings is 1. The quantitative estimate of drug-likeness (QED) is 0.800. The number of anilines is 1. The predicted octanol–water partition coefficient (Wildman–Crippen LogP) is 3.31. The molecule has 0 aliphatic heterocycles. The van der Waals surface area contributed by atoms with Crippen LogP contribution in [0.3, 0.4) is 0 Å². The van der Waals surface area contributed by atoms with Crippen LogP contribution < -0.4 is 5.32 Å². The molecule has 110 valence electrons. The van der Waals surface area contributed by atoms with E-state index in [0.29, 0.717) is 8.95 Å². The standard InChI is InChI=1S/C13H11Br2N3O3/c1-7(18-4-2-3-16-18)12(19)17-11-9(13(20)21)5-8(14)6-10(11)15/h2-7H,1H3,(H,17,19)(H,20,21). The van der Waals surface area contributed by atoms with Crippen molar-refractivity contribution in [2.24, 2.45) is 0 Å². The summed E-state index contributed by atoms with van der Waals surface area (Å²) in [5, 5.41) is 15.9. The van der Waals surface area contributed by atoms with Crippen molar-refractivity contribution in [1.82, 2.24) is 9.78 Å². The van der Waals surface area contributed by atoms with Crippen molar-refractivity contribution in [2.75, 3.05) is 5.32 Å². The third kappa shape index (κ3) is 3.51. The van der Waals surface area contributed by atoms with E-state index >= 15 is 0 Å². The van der Waals surface area contributed by atoms with E-state index < -0.39 is 12.0 Å². The first kappa shape index (κ1) is 15.7. The highest BCUT2D eigenvalue weighted by Gasteiger charge is 2.21. The van der Waals surface area contributed by atoms with Gasteiger partial charge in [-0.3, -0.25) is 9.48 Å². The fourth-order valence-corrected chi connectivity index (χ4v) is 3.05. The van der Waals surface area contributed by atoms with Crippen LogP contribution in [0.4, 0.5) is 5.69 Å². The molecule has 1 amide bonds. The number of carbonyl (C=O) groups excluding carboxylic acids is 1. The minimum Gasteiger partial charge on any atom is -0.478 e. The fraction of sp³-hybridized carbons (Fsp3) is 0.154. The second kappa shape index (κ2) is 6.40. The van der Waals surface area contributed by atoms with E-state index in [-0.39, 0.29) is 17.2 Å². The molecule has 2 N–H and O–H groups in total. The average molecular weight is 417 g/mol. The molecule has 0 aliphatic rings. The molecule has 2 rings (SSSR count). The number of aromatic nitrogens is 2. The number of rotatable bonds is 4. The first-order chi connectivity index (χ1) is 9.90. The monoisotopic (exact) mass is 415 g/mol. The number of nitrogens with one attached hydrogen (secondary N) is 1. The van der Waals surface area contributed by atoms with Gasteiger partial charge in [0.05, 0.1) is 11.3 Å². The van der Waals surface area contributed by atoms with Gasteiger partial charge in [-0.05, 0) is 41.1 Å². The Kier molecular flexibility index (Phi) is 4.79. The van der Waals surface area contributed by atoms with Gasteiger partial charge in [-0.1, -0.05) is 15.9 Å². The summed E-state index contributed by atoms with van der Waals surface area (Å²) in [6.45, 7) is 1.68. The fourth-order valence-electron chi connectivity index (χ4n) is 1.73. The second-order valence-corrected chi connectivity index (χ2v) is 6.04. The summed E-state index contributed by atoms with van der Waals surface area (Å²) in [5.74, 6) is -1.48. The maximum absolute atomic E-state index is 12.2. The molecule has 6 nitrogen and oxygen atoms in total. The van der Waals surface area contributed by atoms with Gasteiger partial charge in [0.2, 0.25) is 5.91 Å². The number of nitrogens with zero attached hydrogens (tertiary/aromatic N) is 2. The lowest BCUT2D eigenvalue weighted by atomic mass is 10.1. The van der Waals surface area contributed by atoms with E-state index in [4.69, 9.17) is 0 Å². The van der Waals surface area contributed by atoms with E-state index in [1.807, 2.05) is 0 Å². The zero-order valence-electron chi connectivity index (χ0n) is 10.9. The van der Waals surface area contributed by atoms with Crippen LogP contribution in [0.25, 0.3) is 0 Å². The molecule has 0 spiro atoms. The first-order valence-corrected chi connectivity index (χ1v) is 7.51. The maximum Gasteiger partial charge on any atom is 0.337 e. The Bertz CT molecular complexity index is 686. The van der Waals surface area contributed by atoms with Crippen LogP contribution in [0.2, 0.25) is 0 Å². The number of aromatic carboxylic acids is 1. The molecule has 1 heterocycles. The van der Waals surface area contributed by atoms with Gasteiger partial charge >= 0.3 is 5.97 Å². The molecular formula is C13H11Br2N3O3. The van der Waals surface area contributed by atoms with Crippen molar-refractivity contribution in [3.8, 4) is 0 Å². The van der Waals surface area contributed by atoms with Crippen molar-refractivity contribution >= 4 is 49.4 Å². The zero-order valence-corrected chi connectivity index (χ0v) is 14.1. The lowest BCUT2D eigenvalue weighted by Gasteiger charge is -2.15. The predicted molar refractivity (Wildman–Crippen MR) is 84.4 cm³/mol. The molecule has 2 aromatic rings. The maximum atomic E-state index is 12.2. The van der Waals surface area contributed by atoms with E-state index in [1.54, 1.807) is 31.5 Å². The van der Waals surface area contributed by atoms with Gasteiger partial charge < -0.3 is 10.4 Å². The van der Waals surface area contributed by atoms with Crippen molar-refractivity contribution in [3.05, 3.63) is 45.1 Å². The van der Waals surface area contributed by atoms with E-state index in [0.717, 1.165) is 0 Å². The van der Waals surface area contributed by atoms with Crippen LogP contribution in [-0.4, -0.2) is 26.8 Å². The number of hydrogen-bond donors (Lipinski definition) is 2. The molecule has 0 bridgehead atoms. The topological polar surface area (TPSA) is 84.2 Å². The highest BCUT2D eigenvalue weighted by atomic mass is 79.9. The van der Waals surface area contributed by atoms with Crippen molar-refractivity contribution in [3.63, 3.8) is 0 Å². The number of carboxylic acid groups (broad SMARTS) is 1. The number of carboxylic acids is 1. The Morgan fingerprint density at radius 2 is 2.10 bits per heavy atom. The SMILES string of the molecule is CC(C(=O)Nc1c(Br)cc(Br)cc1C(=O)O)n1cccn1. The van der Waals surface area contributed by atoms with Crippen molar-refractivity contribution in [1.29, 1.82) is 0 Å². The Labute approximate surface area is 137 Å². The van der Waals surface area contributed by atoms with Gasteiger partial charge in [0.25, 0.3) is 0 Å². The summed E-state index contributed by atoms with van der Waals surface area (Å²) in [5.41, 5.74) is 0.215. The van der Waals surface area contributed by atoms with Crippen molar-refractivity contribution < 1.29 is 14.7 Å². The first-order valence-electron chi connectivity index (χ1n) is 5.92. The molecule has 1 atom stereocenters. The van der Waals surface area contributed by atoms with Gasteiger partial charge in [0.15, 0.2) is 0 Å². The minimum absolute atomic E-state index is 0.00253. The lowest BCUT2D eigenvalue weighted by molar-refractivity contribution is -0.119. The van der Waals surface area contributed by atoms with Crippen molar-refractivity contribution in [2.45, 2.75) is 13.0 Å². The summed E-state index contributed by atoms with van der Waals surface area (Å²) in [7, 11) is 0. The third-order valence-electron chi connectivity index (χ3n) is 2.83. The Balaban J connectivity index is 2.31. The molecular weight excluding hydrogens is 406 g/mol. The van der Waals surface area contributed by atoms with Crippen LogP contribution in [0.5, 0.6) is 0 Å². The summed E-state index contributed by atoms with van der Waals surface area (Å²) in [6, 6.07) is 4.25. The van der Waals surface area contributed by atoms with Gasteiger partial charge in [-0.15, -0.1) is 0 Å². The van der Waals surface area contributed by atoms with Crippen LogP contribution in [0.1, 0.15) is 23.3 Å². The van der Waals surface area contributed by atoms with E-state index in [9.17, 15) is 14.7 Å². The average Bonchev–Trinajstić information content (AvgIpc) is 2.94. The van der Waals surface area contributed by atoms with E-state index in [2.05, 4.69) is 42.3 Å². The Morgan fingerprint density at radius 1 is 1.38 bits per heavy atom. The summed E-state index contributed by atoms with van der Waals surface area (Å²) < 4.78 is 2.57. The van der Waals surface area contributed by atoms with E-state index in [1.165, 1.54) is 10.7 Å². The highest BCUT2D eigenvalue weighted by molar-refractivity contribution is 9.11. The Hall–Kier alpha value is -1.67. The zero-order chi connectivity index (χ0) is 15.6. The summed E-state index contributed by atoms with van der Waals surface area (Å²) in [4.78, 5) is 23.5.